The topological polar surface area (TPSA) is 51.2 Å². The van der Waals surface area contributed by atoms with E-state index in [0.717, 1.165) is 16.5 Å². The molecule has 0 radical (unpaired) electrons. The van der Waals surface area contributed by atoms with E-state index in [1.807, 2.05) is 30.4 Å². The lowest BCUT2D eigenvalue weighted by molar-refractivity contribution is 0.187. The molecule has 0 fully saturated rings. The molecule has 4 nitrogen and oxygen atoms in total. The fourth-order valence-corrected chi connectivity index (χ4v) is 1.97. The van der Waals surface area contributed by atoms with Gasteiger partial charge in [-0.3, -0.25) is 10.3 Å². The summed E-state index contributed by atoms with van der Waals surface area (Å²) in [4.78, 5) is 15.7. The van der Waals surface area contributed by atoms with E-state index in [0.29, 0.717) is 5.69 Å². The number of aromatic nitrogens is 1. The van der Waals surface area contributed by atoms with Crippen LogP contribution in [0.2, 0.25) is 0 Å². The average Bonchev–Trinajstić information content (AvgIpc) is 2.36. The van der Waals surface area contributed by atoms with Gasteiger partial charge in [0.1, 0.15) is 0 Å². The van der Waals surface area contributed by atoms with Gasteiger partial charge in [-0.15, -0.1) is 0 Å². The van der Waals surface area contributed by atoms with Crippen molar-refractivity contribution in [2.24, 2.45) is 0 Å². The van der Waals surface area contributed by atoms with Crippen molar-refractivity contribution in [1.29, 1.82) is 0 Å². The molecule has 1 amide bonds. The molecule has 94 valence electrons. The zero-order chi connectivity index (χ0) is 13.2. The Morgan fingerprint density at radius 2 is 2.21 bits per heavy atom. The van der Waals surface area contributed by atoms with Gasteiger partial charge in [0.15, 0.2) is 0 Å². The van der Waals surface area contributed by atoms with E-state index in [-0.39, 0.29) is 0 Å². The molecular weight excluding hydrogens is 240 g/mol. The number of hydrogen-bond acceptors (Lipinski definition) is 3. The summed E-state index contributed by atoms with van der Waals surface area (Å²) in [5.41, 5.74) is 3.64. The molecule has 0 unspecified atom stereocenters. The third-order valence-electron chi connectivity index (χ3n) is 3.02. The van der Waals surface area contributed by atoms with Gasteiger partial charge < -0.3 is 4.74 Å². The van der Waals surface area contributed by atoms with Crippen LogP contribution >= 0.6 is 0 Å². The van der Waals surface area contributed by atoms with Gasteiger partial charge in [0.05, 0.1) is 18.3 Å². The van der Waals surface area contributed by atoms with E-state index >= 15 is 0 Å². The lowest BCUT2D eigenvalue weighted by Gasteiger charge is -2.10. The van der Waals surface area contributed by atoms with Crippen LogP contribution in [0.1, 0.15) is 5.56 Å². The predicted octanol–water partition coefficient (Wildman–Crippen LogP) is 3.37. The maximum Gasteiger partial charge on any atom is 0.411 e. The van der Waals surface area contributed by atoms with Crippen LogP contribution in [0, 0.1) is 0 Å². The fourth-order valence-electron chi connectivity index (χ4n) is 1.97. The number of para-hydroxylation sites is 1. The largest absolute Gasteiger partial charge is 0.453 e. The predicted molar refractivity (Wildman–Crippen MR) is 74.9 cm³/mol. The smallest absolute Gasteiger partial charge is 0.411 e. The minimum absolute atomic E-state index is 0.497. The van der Waals surface area contributed by atoms with Crippen LogP contribution in [0.3, 0.4) is 0 Å². The monoisotopic (exact) mass is 252 g/mol. The van der Waals surface area contributed by atoms with E-state index in [9.17, 15) is 4.79 Å². The lowest BCUT2D eigenvalue weighted by Crippen LogP contribution is -2.11. The number of rotatable bonds is 2. The molecule has 3 rings (SSSR count). The van der Waals surface area contributed by atoms with Crippen LogP contribution < -0.4 is 5.32 Å². The number of nitrogens with one attached hydrogen (secondary N) is 1. The van der Waals surface area contributed by atoms with Gasteiger partial charge in [-0.2, -0.15) is 0 Å². The maximum atomic E-state index is 11.3. The number of anilines is 1. The van der Waals surface area contributed by atoms with Gasteiger partial charge in [-0.1, -0.05) is 30.4 Å². The van der Waals surface area contributed by atoms with Crippen LogP contribution in [-0.2, 0) is 4.74 Å². The summed E-state index contributed by atoms with van der Waals surface area (Å²) >= 11 is 0. The van der Waals surface area contributed by atoms with E-state index in [1.165, 1.54) is 12.7 Å². The van der Waals surface area contributed by atoms with Gasteiger partial charge >= 0.3 is 6.09 Å². The zero-order valence-electron chi connectivity index (χ0n) is 10.4. The first-order valence-electron chi connectivity index (χ1n) is 5.90. The fraction of sp³-hybridized carbons (Fsp3) is 0.0667. The Morgan fingerprint density at radius 1 is 1.37 bits per heavy atom. The number of pyridine rings is 1. The van der Waals surface area contributed by atoms with Crippen LogP contribution in [0.4, 0.5) is 10.5 Å². The number of ether oxygens (including phenoxy) is 1. The molecule has 0 spiro atoms. The van der Waals surface area contributed by atoms with Gasteiger partial charge in [0.25, 0.3) is 0 Å². The first-order chi connectivity index (χ1) is 9.28. The number of nitrogens with zero attached hydrogens (tertiary/aromatic N) is 1. The summed E-state index contributed by atoms with van der Waals surface area (Å²) < 4.78 is 4.60. The van der Waals surface area contributed by atoms with Gasteiger partial charge in [-0.25, -0.2) is 4.79 Å². The zero-order valence-corrected chi connectivity index (χ0v) is 10.4. The first-order valence-corrected chi connectivity index (χ1v) is 5.90. The van der Waals surface area contributed by atoms with Crippen molar-refractivity contribution in [3.63, 3.8) is 0 Å². The highest BCUT2D eigenvalue weighted by atomic mass is 16.5. The second kappa shape index (κ2) is 4.57. The molecule has 1 aliphatic rings. The molecule has 1 heterocycles. The number of methoxy groups -OCH3 is 1. The molecule has 1 aliphatic carbocycles. The highest BCUT2D eigenvalue weighted by Crippen LogP contribution is 2.27. The quantitative estimate of drug-likeness (QED) is 0.891. The molecule has 4 heteroatoms. The molecule has 2 aromatic rings. The molecule has 0 bridgehead atoms. The summed E-state index contributed by atoms with van der Waals surface area (Å²) in [6, 6.07) is 7.70. The van der Waals surface area contributed by atoms with Crippen LogP contribution in [0.25, 0.3) is 16.5 Å². The van der Waals surface area contributed by atoms with Crippen molar-refractivity contribution < 1.29 is 9.53 Å². The Kier molecular flexibility index (Phi) is 2.76. The van der Waals surface area contributed by atoms with Crippen molar-refractivity contribution in [2.75, 3.05) is 12.4 Å². The maximum absolute atomic E-state index is 11.3. The standard InChI is InChI=1S/C15H12N2O2/c1-19-15(18)17-13-7-3-6-11-8-12(9-16-14(11)13)10-4-2-5-10/h2-9H,1H3,(H,17,18). The number of hydrogen-bond donors (Lipinski definition) is 1. The minimum atomic E-state index is -0.497. The summed E-state index contributed by atoms with van der Waals surface area (Å²) in [5, 5.41) is 3.64. The normalized spacial score (nSPS) is 12.8. The summed E-state index contributed by atoms with van der Waals surface area (Å²) in [6.07, 6.45) is 7.39. The van der Waals surface area contributed by atoms with Gasteiger partial charge in [0.2, 0.25) is 0 Å². The molecule has 0 saturated carbocycles. The number of allylic oxidation sites excluding steroid dienone is 4. The molecule has 1 N–H and O–H groups in total. The SMILES string of the molecule is COC(=O)Nc1cccc2cc(C3=CC=C3)cnc12. The van der Waals surface area contributed by atoms with Crippen LogP contribution in [0.15, 0.2) is 48.7 Å². The second-order valence-corrected chi connectivity index (χ2v) is 4.20. The second-order valence-electron chi connectivity index (χ2n) is 4.20. The Morgan fingerprint density at radius 3 is 2.89 bits per heavy atom. The molecular formula is C15H12N2O2. The molecule has 19 heavy (non-hydrogen) atoms. The number of benzene rings is 1. The Labute approximate surface area is 110 Å². The highest BCUT2D eigenvalue weighted by molar-refractivity contribution is 5.99. The number of carbonyl (C=O) groups is 1. The van der Waals surface area contributed by atoms with Crippen LogP contribution in [0.5, 0.6) is 0 Å². The molecule has 0 saturated heterocycles. The molecule has 0 aliphatic heterocycles. The van der Waals surface area contributed by atoms with E-state index in [1.54, 1.807) is 12.3 Å². The Bertz CT molecular complexity index is 717. The van der Waals surface area contributed by atoms with E-state index < -0.39 is 6.09 Å². The molecule has 1 aromatic heterocycles. The van der Waals surface area contributed by atoms with E-state index in [4.69, 9.17) is 0 Å². The lowest BCUT2D eigenvalue weighted by atomic mass is 9.99. The van der Waals surface area contributed by atoms with E-state index in [2.05, 4.69) is 21.1 Å². The number of fused-ring (bicyclic) bond motifs is 1. The summed E-state index contributed by atoms with van der Waals surface area (Å²) in [5.74, 6) is 0. The third-order valence-corrected chi connectivity index (χ3v) is 3.02. The van der Waals surface area contributed by atoms with Crippen molar-refractivity contribution in [2.45, 2.75) is 0 Å². The molecule has 1 aromatic carbocycles. The summed E-state index contributed by atoms with van der Waals surface area (Å²) in [7, 11) is 1.33. The highest BCUT2D eigenvalue weighted by Gasteiger charge is 2.09. The van der Waals surface area contributed by atoms with Gasteiger partial charge in [-0.05, 0) is 17.7 Å². The Balaban J connectivity index is 2.03. The third kappa shape index (κ3) is 2.08. The van der Waals surface area contributed by atoms with Gasteiger partial charge in [0, 0.05) is 17.1 Å². The average molecular weight is 252 g/mol. The first kappa shape index (κ1) is 11.5. The number of amides is 1. The number of carbonyl (C=O) groups excluding carboxylic acids is 1. The van der Waals surface area contributed by atoms with Crippen molar-refractivity contribution in [3.8, 4) is 0 Å². The van der Waals surface area contributed by atoms with Crippen molar-refractivity contribution in [1.82, 2.24) is 4.98 Å². The van der Waals surface area contributed by atoms with Crippen LogP contribution in [-0.4, -0.2) is 18.2 Å². The minimum Gasteiger partial charge on any atom is -0.453 e. The Hall–Kier alpha value is -2.62. The van der Waals surface area contributed by atoms with Crippen molar-refractivity contribution >= 4 is 28.3 Å². The van der Waals surface area contributed by atoms with Crippen molar-refractivity contribution in [3.05, 3.63) is 54.3 Å². The molecule has 0 atom stereocenters. The summed E-state index contributed by atoms with van der Waals surface area (Å²) in [6.45, 7) is 0.